The van der Waals surface area contributed by atoms with Crippen LogP contribution in [-0.4, -0.2) is 57.9 Å². The average Bonchev–Trinajstić information content (AvgIpc) is 2.65. The number of anilines is 2. The smallest absolute Gasteiger partial charge is 0.253 e. The second kappa shape index (κ2) is 8.74. The van der Waals surface area contributed by atoms with Crippen LogP contribution in [0.2, 0.25) is 0 Å². The monoisotopic (exact) mass is 418 g/mol. The van der Waals surface area contributed by atoms with Crippen molar-refractivity contribution < 1.29 is 22.8 Å². The molecule has 0 radical (unpaired) electrons. The van der Waals surface area contributed by atoms with Crippen LogP contribution in [0, 0.1) is 0 Å². The Morgan fingerprint density at radius 3 is 2.10 bits per heavy atom. The van der Waals surface area contributed by atoms with Crippen LogP contribution in [0.25, 0.3) is 0 Å². The standard InChI is InChI=1S/C19H22N4O5S/c1-22(2)19(26)13-8-10-14(11-9-13)23(29(3,27)28)12-17(24)21-16-7-5-4-6-15(16)18(20)25/h4-11H,12H2,1-3H3,(H2,20,25)(H,21,24). The van der Waals surface area contributed by atoms with E-state index in [2.05, 4.69) is 5.32 Å². The van der Waals surface area contributed by atoms with Gasteiger partial charge in [0.05, 0.1) is 23.2 Å². The molecule has 0 spiro atoms. The molecule has 0 fully saturated rings. The summed E-state index contributed by atoms with van der Waals surface area (Å²) in [7, 11) is -0.587. The second-order valence-corrected chi connectivity index (χ2v) is 8.38. The van der Waals surface area contributed by atoms with Crippen LogP contribution in [0.15, 0.2) is 48.5 Å². The lowest BCUT2D eigenvalue weighted by atomic mass is 10.1. The van der Waals surface area contributed by atoms with Crippen LogP contribution in [0.1, 0.15) is 20.7 Å². The number of rotatable bonds is 7. The van der Waals surface area contributed by atoms with Crippen molar-refractivity contribution in [3.63, 3.8) is 0 Å². The fraction of sp³-hybridized carbons (Fsp3) is 0.211. The summed E-state index contributed by atoms with van der Waals surface area (Å²) in [6.45, 7) is -0.521. The van der Waals surface area contributed by atoms with Gasteiger partial charge in [-0.25, -0.2) is 8.42 Å². The first-order valence-electron chi connectivity index (χ1n) is 8.49. The molecule has 2 aromatic rings. The Kier molecular flexibility index (Phi) is 6.60. The van der Waals surface area contributed by atoms with E-state index in [4.69, 9.17) is 5.73 Å². The zero-order valence-electron chi connectivity index (χ0n) is 16.2. The molecule has 9 nitrogen and oxygen atoms in total. The first-order valence-corrected chi connectivity index (χ1v) is 10.3. The van der Waals surface area contributed by atoms with Crippen LogP contribution in [0.4, 0.5) is 11.4 Å². The van der Waals surface area contributed by atoms with E-state index < -0.39 is 28.4 Å². The van der Waals surface area contributed by atoms with Gasteiger partial charge < -0.3 is 16.0 Å². The van der Waals surface area contributed by atoms with Gasteiger partial charge in [-0.2, -0.15) is 0 Å². The van der Waals surface area contributed by atoms with Crippen molar-refractivity contribution in [2.24, 2.45) is 5.73 Å². The highest BCUT2D eigenvalue weighted by Crippen LogP contribution is 2.20. The summed E-state index contributed by atoms with van der Waals surface area (Å²) >= 11 is 0. The van der Waals surface area contributed by atoms with E-state index in [9.17, 15) is 22.8 Å². The summed E-state index contributed by atoms with van der Waals surface area (Å²) in [5.74, 6) is -1.61. The number of nitrogens with zero attached hydrogens (tertiary/aromatic N) is 2. The second-order valence-electron chi connectivity index (χ2n) is 6.47. The molecule has 0 bridgehead atoms. The molecular formula is C19H22N4O5S. The highest BCUT2D eigenvalue weighted by Gasteiger charge is 2.22. The SMILES string of the molecule is CN(C)C(=O)c1ccc(N(CC(=O)Nc2ccccc2C(N)=O)S(C)(=O)=O)cc1. The number of amides is 3. The van der Waals surface area contributed by atoms with Crippen LogP contribution < -0.4 is 15.4 Å². The van der Waals surface area contributed by atoms with E-state index in [1.165, 1.54) is 41.3 Å². The number of hydrogen-bond donors (Lipinski definition) is 2. The van der Waals surface area contributed by atoms with Gasteiger partial charge in [0, 0.05) is 19.7 Å². The molecule has 0 aliphatic heterocycles. The largest absolute Gasteiger partial charge is 0.366 e. The third-order valence-corrected chi connectivity index (χ3v) is 5.10. The number of benzene rings is 2. The quantitative estimate of drug-likeness (QED) is 0.690. The van der Waals surface area contributed by atoms with E-state index in [0.29, 0.717) is 5.56 Å². The molecule has 154 valence electrons. The average molecular weight is 418 g/mol. The van der Waals surface area contributed by atoms with Gasteiger partial charge in [0.25, 0.3) is 11.8 Å². The number of sulfonamides is 1. The molecule has 2 rings (SSSR count). The predicted octanol–water partition coefficient (Wildman–Crippen LogP) is 0.892. The van der Waals surface area contributed by atoms with Crippen molar-refractivity contribution in [2.75, 3.05) is 36.5 Å². The molecule has 0 saturated carbocycles. The minimum absolute atomic E-state index is 0.110. The molecule has 0 heterocycles. The summed E-state index contributed by atoms with van der Waals surface area (Å²) in [5, 5.41) is 2.50. The van der Waals surface area contributed by atoms with Crippen molar-refractivity contribution >= 4 is 39.1 Å². The van der Waals surface area contributed by atoms with Gasteiger partial charge in [0.15, 0.2) is 0 Å². The van der Waals surface area contributed by atoms with Crippen LogP contribution in [-0.2, 0) is 14.8 Å². The lowest BCUT2D eigenvalue weighted by molar-refractivity contribution is -0.114. The van der Waals surface area contributed by atoms with Crippen molar-refractivity contribution in [2.45, 2.75) is 0 Å². The van der Waals surface area contributed by atoms with Gasteiger partial charge in [-0.05, 0) is 36.4 Å². The van der Waals surface area contributed by atoms with Crippen molar-refractivity contribution in [3.05, 3.63) is 59.7 Å². The number of para-hydroxylation sites is 1. The van der Waals surface area contributed by atoms with Crippen molar-refractivity contribution in [1.82, 2.24) is 4.90 Å². The third-order valence-electron chi connectivity index (χ3n) is 3.96. The maximum absolute atomic E-state index is 12.5. The molecule has 29 heavy (non-hydrogen) atoms. The zero-order valence-corrected chi connectivity index (χ0v) is 17.1. The Labute approximate surface area is 169 Å². The first kappa shape index (κ1) is 21.9. The van der Waals surface area contributed by atoms with Crippen LogP contribution in [0.3, 0.4) is 0 Å². The van der Waals surface area contributed by atoms with Gasteiger partial charge in [-0.15, -0.1) is 0 Å². The van der Waals surface area contributed by atoms with Crippen LogP contribution in [0.5, 0.6) is 0 Å². The summed E-state index contributed by atoms with van der Waals surface area (Å²) < 4.78 is 25.3. The van der Waals surface area contributed by atoms with Gasteiger partial charge in [0.1, 0.15) is 6.54 Å². The maximum Gasteiger partial charge on any atom is 0.253 e. The Bertz CT molecular complexity index is 1030. The Morgan fingerprint density at radius 2 is 1.59 bits per heavy atom. The first-order chi connectivity index (χ1) is 13.5. The van der Waals surface area contributed by atoms with E-state index in [0.717, 1.165) is 10.6 Å². The van der Waals surface area contributed by atoms with E-state index in [1.807, 2.05) is 0 Å². The molecule has 0 atom stereocenters. The number of primary amides is 1. The number of hydrogen-bond acceptors (Lipinski definition) is 5. The molecular weight excluding hydrogens is 396 g/mol. The van der Waals surface area contributed by atoms with E-state index in [1.54, 1.807) is 26.2 Å². The Hall–Kier alpha value is -3.40. The molecule has 3 amide bonds. The minimum Gasteiger partial charge on any atom is -0.366 e. The molecule has 10 heteroatoms. The van der Waals surface area contributed by atoms with E-state index >= 15 is 0 Å². The minimum atomic E-state index is -3.80. The zero-order chi connectivity index (χ0) is 21.8. The Balaban J connectivity index is 2.25. The normalized spacial score (nSPS) is 10.9. The molecule has 3 N–H and O–H groups in total. The summed E-state index contributed by atoms with van der Waals surface area (Å²) in [6, 6.07) is 12.0. The van der Waals surface area contributed by atoms with Gasteiger partial charge in [0.2, 0.25) is 15.9 Å². The summed E-state index contributed by atoms with van der Waals surface area (Å²) in [4.78, 5) is 37.3. The molecule has 0 unspecified atom stereocenters. The molecule has 0 aromatic heterocycles. The van der Waals surface area contributed by atoms with Crippen molar-refractivity contribution in [1.29, 1.82) is 0 Å². The Morgan fingerprint density at radius 1 is 1.00 bits per heavy atom. The highest BCUT2D eigenvalue weighted by molar-refractivity contribution is 7.92. The number of carbonyl (C=O) groups excluding carboxylic acids is 3. The number of carbonyl (C=O) groups is 3. The van der Waals surface area contributed by atoms with Crippen LogP contribution >= 0.6 is 0 Å². The fourth-order valence-corrected chi connectivity index (χ4v) is 3.41. The number of nitrogens with one attached hydrogen (secondary N) is 1. The van der Waals surface area contributed by atoms with Gasteiger partial charge >= 0.3 is 0 Å². The summed E-state index contributed by atoms with van der Waals surface area (Å²) in [6.07, 6.45) is 0.969. The fourth-order valence-electron chi connectivity index (χ4n) is 2.56. The lowest BCUT2D eigenvalue weighted by Crippen LogP contribution is -2.37. The maximum atomic E-state index is 12.5. The van der Waals surface area contributed by atoms with Gasteiger partial charge in [-0.1, -0.05) is 12.1 Å². The molecule has 0 aliphatic rings. The predicted molar refractivity (Wildman–Crippen MR) is 110 cm³/mol. The van der Waals surface area contributed by atoms with Gasteiger partial charge in [-0.3, -0.25) is 18.7 Å². The highest BCUT2D eigenvalue weighted by atomic mass is 32.2. The number of nitrogens with two attached hydrogens (primary N) is 1. The third kappa shape index (κ3) is 5.55. The van der Waals surface area contributed by atoms with Crippen molar-refractivity contribution in [3.8, 4) is 0 Å². The summed E-state index contributed by atoms with van der Waals surface area (Å²) in [5.41, 5.74) is 6.18. The lowest BCUT2D eigenvalue weighted by Gasteiger charge is -2.22. The molecule has 2 aromatic carbocycles. The molecule has 0 saturated heterocycles. The van der Waals surface area contributed by atoms with E-state index in [-0.39, 0.29) is 22.8 Å². The molecule has 0 aliphatic carbocycles. The topological polar surface area (TPSA) is 130 Å².